The van der Waals surface area contributed by atoms with Crippen molar-refractivity contribution in [2.24, 2.45) is 17.3 Å². The Morgan fingerprint density at radius 2 is 1.73 bits per heavy atom. The van der Waals surface area contributed by atoms with Gasteiger partial charge in [0.2, 0.25) is 0 Å². The Morgan fingerprint density at radius 3 is 2.23 bits per heavy atom. The number of likely N-dealkylation sites (tertiary alicyclic amines) is 3. The first-order valence-electron chi connectivity index (χ1n) is 9.40. The molecule has 128 valence electrons. The third-order valence-corrected chi connectivity index (χ3v) is 6.11. The lowest BCUT2D eigenvalue weighted by molar-refractivity contribution is -0.166. The van der Waals surface area contributed by atoms with Crippen LogP contribution in [0.4, 0.5) is 0 Å². The lowest BCUT2D eigenvalue weighted by Crippen LogP contribution is -2.76. The molecule has 3 aliphatic rings. The van der Waals surface area contributed by atoms with E-state index in [2.05, 4.69) is 56.2 Å². The Kier molecular flexibility index (Phi) is 4.37. The number of piperidine rings is 1. The monoisotopic (exact) mass is 307 g/mol. The number of hydrogen-bond acceptors (Lipinski definition) is 3. The molecule has 0 bridgehead atoms. The van der Waals surface area contributed by atoms with E-state index in [1.54, 1.807) is 0 Å². The molecule has 3 fully saturated rings. The van der Waals surface area contributed by atoms with Crippen molar-refractivity contribution in [2.45, 2.75) is 59.5 Å². The second-order valence-corrected chi connectivity index (χ2v) is 9.92. The van der Waals surface area contributed by atoms with Crippen LogP contribution in [0.15, 0.2) is 0 Å². The second-order valence-electron chi connectivity index (χ2n) is 9.92. The summed E-state index contributed by atoms with van der Waals surface area (Å²) in [6.07, 6.45) is 1.38. The molecule has 0 saturated carbocycles. The maximum atomic E-state index is 2.80. The van der Waals surface area contributed by atoms with E-state index >= 15 is 0 Å². The van der Waals surface area contributed by atoms with Crippen LogP contribution >= 0.6 is 0 Å². The fourth-order valence-electron chi connectivity index (χ4n) is 4.93. The number of hydrogen-bond donors (Lipinski definition) is 0. The normalized spacial score (nSPS) is 34.0. The Morgan fingerprint density at radius 1 is 1.09 bits per heavy atom. The van der Waals surface area contributed by atoms with E-state index in [1.807, 2.05) is 0 Å². The predicted molar refractivity (Wildman–Crippen MR) is 94.2 cm³/mol. The Hall–Kier alpha value is -0.120. The minimum absolute atomic E-state index is 0.362. The van der Waals surface area contributed by atoms with Crippen molar-refractivity contribution in [1.29, 1.82) is 0 Å². The quantitative estimate of drug-likeness (QED) is 0.794. The zero-order valence-corrected chi connectivity index (χ0v) is 15.7. The van der Waals surface area contributed by atoms with Crippen molar-refractivity contribution >= 4 is 0 Å². The lowest BCUT2D eigenvalue weighted by Gasteiger charge is -2.65. The van der Waals surface area contributed by atoms with Gasteiger partial charge in [-0.15, -0.1) is 0 Å². The fraction of sp³-hybridized carbons (Fsp3) is 1.00. The molecular formula is C19H37N3. The zero-order chi connectivity index (χ0) is 16.1. The topological polar surface area (TPSA) is 9.72 Å². The Bertz CT molecular complexity index is 384. The summed E-state index contributed by atoms with van der Waals surface area (Å²) >= 11 is 0. The van der Waals surface area contributed by atoms with Crippen molar-refractivity contribution < 1.29 is 0 Å². The first-order valence-corrected chi connectivity index (χ1v) is 9.40. The highest BCUT2D eigenvalue weighted by Gasteiger charge is 2.55. The summed E-state index contributed by atoms with van der Waals surface area (Å²) in [6, 6.07) is 0.845. The molecule has 0 radical (unpaired) electrons. The van der Waals surface area contributed by atoms with E-state index < -0.39 is 0 Å². The van der Waals surface area contributed by atoms with Gasteiger partial charge in [-0.05, 0) is 45.6 Å². The smallest absolute Gasteiger partial charge is 0.0212 e. The molecule has 0 aromatic heterocycles. The van der Waals surface area contributed by atoms with Gasteiger partial charge in [0.25, 0.3) is 0 Å². The van der Waals surface area contributed by atoms with Crippen LogP contribution < -0.4 is 0 Å². The van der Waals surface area contributed by atoms with Gasteiger partial charge in [0, 0.05) is 56.3 Å². The van der Waals surface area contributed by atoms with Crippen LogP contribution in [0.3, 0.4) is 0 Å². The fourth-order valence-corrected chi connectivity index (χ4v) is 4.93. The minimum atomic E-state index is 0.362. The van der Waals surface area contributed by atoms with E-state index in [0.717, 1.165) is 17.9 Å². The lowest BCUT2D eigenvalue weighted by atomic mass is 9.69. The van der Waals surface area contributed by atoms with Crippen LogP contribution in [0.25, 0.3) is 0 Å². The average Bonchev–Trinajstić information content (AvgIpc) is 2.25. The molecule has 3 rings (SSSR count). The summed E-state index contributed by atoms with van der Waals surface area (Å²) in [4.78, 5) is 8.14. The van der Waals surface area contributed by atoms with E-state index in [0.29, 0.717) is 11.0 Å². The van der Waals surface area contributed by atoms with Gasteiger partial charge in [0.15, 0.2) is 0 Å². The maximum Gasteiger partial charge on any atom is 0.0212 e. The highest BCUT2D eigenvalue weighted by Crippen LogP contribution is 2.45. The molecule has 3 aliphatic heterocycles. The average molecular weight is 308 g/mol. The minimum Gasteiger partial charge on any atom is -0.303 e. The largest absolute Gasteiger partial charge is 0.303 e. The first-order chi connectivity index (χ1) is 10.2. The molecule has 3 heteroatoms. The van der Waals surface area contributed by atoms with Crippen LogP contribution in [-0.4, -0.2) is 72.1 Å². The molecule has 3 heterocycles. The van der Waals surface area contributed by atoms with Crippen molar-refractivity contribution in [1.82, 2.24) is 14.7 Å². The standard InChI is InChI=1S/C19H37N3/c1-15(2)9-20-8-7-17(16(3)10-20)21-11-19(12-21)13-22(14-19)18(4,5)6/h15-17H,7-14H2,1-6H3/t16-,17?/m1/s1. The van der Waals surface area contributed by atoms with Gasteiger partial charge in [0.1, 0.15) is 0 Å². The summed E-state index contributed by atoms with van der Waals surface area (Å²) in [7, 11) is 0. The van der Waals surface area contributed by atoms with Gasteiger partial charge in [-0.2, -0.15) is 0 Å². The van der Waals surface area contributed by atoms with Gasteiger partial charge in [-0.25, -0.2) is 0 Å². The second kappa shape index (κ2) is 5.75. The Balaban J connectivity index is 1.44. The summed E-state index contributed by atoms with van der Waals surface area (Å²) in [6.45, 7) is 23.5. The highest BCUT2D eigenvalue weighted by molar-refractivity contribution is 5.10. The van der Waals surface area contributed by atoms with Crippen LogP contribution in [0, 0.1) is 17.3 Å². The summed E-state index contributed by atoms with van der Waals surface area (Å²) in [5.41, 5.74) is 1.02. The summed E-state index contributed by atoms with van der Waals surface area (Å²) in [5.74, 6) is 1.64. The van der Waals surface area contributed by atoms with E-state index in [4.69, 9.17) is 0 Å². The first kappa shape index (κ1) is 16.7. The molecule has 1 unspecified atom stereocenters. The van der Waals surface area contributed by atoms with Crippen LogP contribution in [0.5, 0.6) is 0 Å². The molecule has 0 aromatic carbocycles. The maximum absolute atomic E-state index is 2.80. The SMILES string of the molecule is CC(C)CN1CCC(N2CC3(C2)CN(C(C)(C)C)C3)[C@H](C)C1. The molecule has 2 atom stereocenters. The van der Waals surface area contributed by atoms with Crippen LogP contribution in [-0.2, 0) is 0 Å². The van der Waals surface area contributed by atoms with Crippen molar-refractivity contribution in [2.75, 3.05) is 45.8 Å². The van der Waals surface area contributed by atoms with E-state index in [1.165, 1.54) is 52.2 Å². The molecule has 0 aliphatic carbocycles. The van der Waals surface area contributed by atoms with E-state index in [9.17, 15) is 0 Å². The third-order valence-electron chi connectivity index (χ3n) is 6.11. The third kappa shape index (κ3) is 3.22. The van der Waals surface area contributed by atoms with Gasteiger partial charge < -0.3 is 4.90 Å². The van der Waals surface area contributed by atoms with Crippen molar-refractivity contribution in [3.05, 3.63) is 0 Å². The van der Waals surface area contributed by atoms with Crippen molar-refractivity contribution in [3.63, 3.8) is 0 Å². The van der Waals surface area contributed by atoms with Gasteiger partial charge in [-0.1, -0.05) is 20.8 Å². The van der Waals surface area contributed by atoms with Gasteiger partial charge >= 0.3 is 0 Å². The molecule has 3 nitrogen and oxygen atoms in total. The molecular weight excluding hydrogens is 270 g/mol. The summed E-state index contributed by atoms with van der Waals surface area (Å²) < 4.78 is 0. The van der Waals surface area contributed by atoms with Crippen LogP contribution in [0.2, 0.25) is 0 Å². The van der Waals surface area contributed by atoms with E-state index in [-0.39, 0.29) is 0 Å². The molecule has 0 aromatic rings. The van der Waals surface area contributed by atoms with Gasteiger partial charge in [0.05, 0.1) is 0 Å². The number of nitrogens with zero attached hydrogens (tertiary/aromatic N) is 3. The van der Waals surface area contributed by atoms with Gasteiger partial charge in [-0.3, -0.25) is 9.80 Å². The molecule has 1 spiro atoms. The number of rotatable bonds is 3. The zero-order valence-electron chi connectivity index (χ0n) is 15.7. The van der Waals surface area contributed by atoms with Crippen LogP contribution in [0.1, 0.15) is 48.0 Å². The van der Waals surface area contributed by atoms with Crippen molar-refractivity contribution in [3.8, 4) is 0 Å². The molecule has 0 amide bonds. The highest BCUT2D eigenvalue weighted by atomic mass is 15.4. The molecule has 3 saturated heterocycles. The molecule has 22 heavy (non-hydrogen) atoms. The predicted octanol–water partition coefficient (Wildman–Crippen LogP) is 2.77. The Labute approximate surface area is 138 Å². The molecule has 0 N–H and O–H groups in total. The summed E-state index contributed by atoms with van der Waals surface area (Å²) in [5, 5.41) is 0.